The van der Waals surface area contributed by atoms with Crippen LogP contribution in [0, 0.1) is 0 Å². The molecular formula is C25H36N4O3. The fourth-order valence-electron chi connectivity index (χ4n) is 2.95. The number of carbonyl (C=O) groups excluding carboxylic acids is 1. The van der Waals surface area contributed by atoms with Crippen molar-refractivity contribution in [2.24, 2.45) is 4.99 Å². The third kappa shape index (κ3) is 9.39. The molecule has 2 aromatic carbocycles. The molecule has 0 heterocycles. The second-order valence-electron chi connectivity index (χ2n) is 7.30. The number of hydrogen-bond acceptors (Lipinski definition) is 4. The summed E-state index contributed by atoms with van der Waals surface area (Å²) in [6.07, 6.45) is 1.80. The van der Waals surface area contributed by atoms with Gasteiger partial charge < -0.3 is 25.4 Å². The molecule has 0 aromatic heterocycles. The molecule has 0 aliphatic heterocycles. The summed E-state index contributed by atoms with van der Waals surface area (Å²) in [5.74, 6) is 1.50. The summed E-state index contributed by atoms with van der Waals surface area (Å²) in [6, 6.07) is 15.5. The number of ether oxygens (including phenoxy) is 2. The Labute approximate surface area is 191 Å². The molecular weight excluding hydrogens is 404 g/mol. The summed E-state index contributed by atoms with van der Waals surface area (Å²) >= 11 is 0. The van der Waals surface area contributed by atoms with Crippen molar-refractivity contribution in [3.8, 4) is 5.75 Å². The number of amides is 1. The predicted molar refractivity (Wildman–Crippen MR) is 129 cm³/mol. The first-order chi connectivity index (χ1) is 15.7. The minimum Gasteiger partial charge on any atom is -0.497 e. The van der Waals surface area contributed by atoms with Crippen LogP contribution in [-0.4, -0.2) is 45.3 Å². The van der Waals surface area contributed by atoms with Crippen LogP contribution in [0.3, 0.4) is 0 Å². The number of benzene rings is 2. The van der Waals surface area contributed by atoms with Crippen molar-refractivity contribution in [3.05, 3.63) is 65.2 Å². The monoisotopic (exact) mass is 440 g/mol. The van der Waals surface area contributed by atoms with Crippen LogP contribution in [0.25, 0.3) is 0 Å². The molecule has 2 aromatic rings. The second-order valence-corrected chi connectivity index (χ2v) is 7.30. The normalized spacial score (nSPS) is 11.2. The Morgan fingerprint density at radius 2 is 1.78 bits per heavy atom. The number of aliphatic imine (C=N–C) groups is 1. The van der Waals surface area contributed by atoms with Gasteiger partial charge in [-0.2, -0.15) is 0 Å². The van der Waals surface area contributed by atoms with Crippen LogP contribution < -0.4 is 20.7 Å². The van der Waals surface area contributed by atoms with E-state index in [9.17, 15) is 4.79 Å². The molecule has 0 bridgehead atoms. The summed E-state index contributed by atoms with van der Waals surface area (Å²) < 4.78 is 10.6. The van der Waals surface area contributed by atoms with Crippen molar-refractivity contribution in [1.82, 2.24) is 16.0 Å². The average Bonchev–Trinajstić information content (AvgIpc) is 2.84. The van der Waals surface area contributed by atoms with Gasteiger partial charge >= 0.3 is 0 Å². The second kappa shape index (κ2) is 14.9. The van der Waals surface area contributed by atoms with Gasteiger partial charge in [0, 0.05) is 38.4 Å². The van der Waals surface area contributed by atoms with Crippen LogP contribution in [-0.2, 0) is 17.8 Å². The van der Waals surface area contributed by atoms with Crippen molar-refractivity contribution in [2.45, 2.75) is 39.8 Å². The minimum atomic E-state index is -0.0513. The zero-order valence-corrected chi connectivity index (χ0v) is 19.4. The molecule has 0 radical (unpaired) electrons. The lowest BCUT2D eigenvalue weighted by Crippen LogP contribution is -2.37. The van der Waals surface area contributed by atoms with E-state index in [-0.39, 0.29) is 5.91 Å². The van der Waals surface area contributed by atoms with Crippen LogP contribution >= 0.6 is 0 Å². The van der Waals surface area contributed by atoms with Crippen molar-refractivity contribution >= 4 is 11.9 Å². The molecule has 174 valence electrons. The number of methoxy groups -OCH3 is 1. The number of guanidine groups is 1. The fraction of sp³-hybridized carbons (Fsp3) is 0.440. The van der Waals surface area contributed by atoms with Crippen molar-refractivity contribution in [1.29, 1.82) is 0 Å². The first-order valence-electron chi connectivity index (χ1n) is 11.3. The molecule has 7 heteroatoms. The van der Waals surface area contributed by atoms with E-state index in [4.69, 9.17) is 14.5 Å². The predicted octanol–water partition coefficient (Wildman–Crippen LogP) is 3.50. The molecule has 3 N–H and O–H groups in total. The van der Waals surface area contributed by atoms with Gasteiger partial charge in [-0.05, 0) is 55.2 Å². The topological polar surface area (TPSA) is 84.0 Å². The number of hydrogen-bond donors (Lipinski definition) is 3. The van der Waals surface area contributed by atoms with Crippen LogP contribution in [0.5, 0.6) is 5.75 Å². The largest absolute Gasteiger partial charge is 0.497 e. The van der Waals surface area contributed by atoms with Gasteiger partial charge in [0.15, 0.2) is 5.96 Å². The molecule has 0 fully saturated rings. The molecule has 1 amide bonds. The third-order valence-corrected chi connectivity index (χ3v) is 4.73. The van der Waals surface area contributed by atoms with E-state index in [0.29, 0.717) is 31.8 Å². The summed E-state index contributed by atoms with van der Waals surface area (Å²) in [5.41, 5.74) is 2.77. The zero-order chi connectivity index (χ0) is 23.0. The lowest BCUT2D eigenvalue weighted by molar-refractivity contribution is 0.0953. The van der Waals surface area contributed by atoms with E-state index in [1.165, 1.54) is 0 Å². The van der Waals surface area contributed by atoms with Gasteiger partial charge in [0.25, 0.3) is 5.91 Å². The van der Waals surface area contributed by atoms with Gasteiger partial charge in [0.05, 0.1) is 13.7 Å². The molecule has 7 nitrogen and oxygen atoms in total. The third-order valence-electron chi connectivity index (χ3n) is 4.73. The number of carbonyl (C=O) groups is 1. The summed E-state index contributed by atoms with van der Waals surface area (Å²) in [5, 5.41) is 9.65. The highest BCUT2D eigenvalue weighted by Gasteiger charge is 2.06. The lowest BCUT2D eigenvalue weighted by Gasteiger charge is -2.13. The smallest absolute Gasteiger partial charge is 0.251 e. The number of rotatable bonds is 13. The van der Waals surface area contributed by atoms with Crippen LogP contribution in [0.1, 0.15) is 48.2 Å². The first-order valence-corrected chi connectivity index (χ1v) is 11.3. The maximum atomic E-state index is 12.2. The van der Waals surface area contributed by atoms with Gasteiger partial charge in [-0.25, -0.2) is 4.99 Å². The highest BCUT2D eigenvalue weighted by atomic mass is 16.5. The fourth-order valence-corrected chi connectivity index (χ4v) is 2.95. The van der Waals surface area contributed by atoms with Crippen LogP contribution in [0.2, 0.25) is 0 Å². The maximum Gasteiger partial charge on any atom is 0.251 e. The van der Waals surface area contributed by atoms with Crippen molar-refractivity contribution in [2.75, 3.05) is 33.4 Å². The Balaban J connectivity index is 2.00. The van der Waals surface area contributed by atoms with E-state index in [0.717, 1.165) is 48.8 Å². The Hall–Kier alpha value is -3.06. The average molecular weight is 441 g/mol. The van der Waals surface area contributed by atoms with Gasteiger partial charge in [-0.3, -0.25) is 4.79 Å². The van der Waals surface area contributed by atoms with Crippen molar-refractivity contribution in [3.63, 3.8) is 0 Å². The van der Waals surface area contributed by atoms with E-state index in [1.807, 2.05) is 62.4 Å². The molecule has 0 unspecified atom stereocenters. The molecule has 0 spiro atoms. The van der Waals surface area contributed by atoms with E-state index < -0.39 is 0 Å². The SMILES string of the molecule is CCCNC(=O)c1cccc(CN=C(NCCCOCC)NCc2ccc(OC)cc2)c1. The van der Waals surface area contributed by atoms with Gasteiger partial charge in [-0.15, -0.1) is 0 Å². The Kier molecular flexibility index (Phi) is 11.7. The Bertz CT molecular complexity index is 837. The highest BCUT2D eigenvalue weighted by molar-refractivity contribution is 5.94. The van der Waals surface area contributed by atoms with Gasteiger partial charge in [0.1, 0.15) is 5.75 Å². The Morgan fingerprint density at radius 1 is 0.969 bits per heavy atom. The quantitative estimate of drug-likeness (QED) is 0.252. The first kappa shape index (κ1) is 25.2. The minimum absolute atomic E-state index is 0.0513. The molecule has 0 saturated heterocycles. The number of nitrogens with one attached hydrogen (secondary N) is 3. The van der Waals surface area contributed by atoms with Gasteiger partial charge in [-0.1, -0.05) is 31.2 Å². The highest BCUT2D eigenvalue weighted by Crippen LogP contribution is 2.11. The molecule has 2 rings (SSSR count). The molecule has 0 atom stereocenters. The molecule has 32 heavy (non-hydrogen) atoms. The molecule has 0 aliphatic rings. The van der Waals surface area contributed by atoms with Crippen molar-refractivity contribution < 1.29 is 14.3 Å². The van der Waals surface area contributed by atoms with E-state index in [2.05, 4.69) is 16.0 Å². The molecule has 0 aliphatic carbocycles. The lowest BCUT2D eigenvalue weighted by atomic mass is 10.1. The zero-order valence-electron chi connectivity index (χ0n) is 19.4. The molecule has 0 saturated carbocycles. The van der Waals surface area contributed by atoms with E-state index >= 15 is 0 Å². The summed E-state index contributed by atoms with van der Waals surface area (Å²) in [6.45, 7) is 8.00. The Morgan fingerprint density at radius 3 is 2.50 bits per heavy atom. The summed E-state index contributed by atoms with van der Waals surface area (Å²) in [4.78, 5) is 17.0. The summed E-state index contributed by atoms with van der Waals surface area (Å²) in [7, 11) is 1.66. The number of nitrogens with zero attached hydrogens (tertiary/aromatic N) is 1. The van der Waals surface area contributed by atoms with Gasteiger partial charge in [0.2, 0.25) is 0 Å². The van der Waals surface area contributed by atoms with Crippen LogP contribution in [0.4, 0.5) is 0 Å². The standard InChI is InChI=1S/C25H36N4O3/c1-4-14-26-24(30)22-9-6-8-21(17-22)19-29-25(27-15-7-16-32-5-2)28-18-20-10-12-23(31-3)13-11-20/h6,8-13,17H,4-5,7,14-16,18-19H2,1-3H3,(H,26,30)(H2,27,28,29). The van der Waals surface area contributed by atoms with Crippen LogP contribution in [0.15, 0.2) is 53.5 Å². The maximum absolute atomic E-state index is 12.2. The van der Waals surface area contributed by atoms with E-state index in [1.54, 1.807) is 7.11 Å².